The van der Waals surface area contributed by atoms with E-state index in [1.54, 1.807) is 56.5 Å². The number of anilines is 1. The number of hydrogen-bond acceptors (Lipinski definition) is 5. The largest absolute Gasteiger partial charge is 0.497 e. The van der Waals surface area contributed by atoms with Gasteiger partial charge in [-0.1, -0.05) is 18.2 Å². The zero-order valence-corrected chi connectivity index (χ0v) is 18.3. The summed E-state index contributed by atoms with van der Waals surface area (Å²) >= 11 is 0. The van der Waals surface area contributed by atoms with E-state index in [1.807, 2.05) is 24.3 Å². The molecule has 0 spiro atoms. The van der Waals surface area contributed by atoms with Crippen LogP contribution in [0.3, 0.4) is 0 Å². The van der Waals surface area contributed by atoms with Gasteiger partial charge in [0.15, 0.2) is 0 Å². The predicted octanol–water partition coefficient (Wildman–Crippen LogP) is 3.67. The maximum absolute atomic E-state index is 12.7. The molecule has 0 aliphatic heterocycles. The van der Waals surface area contributed by atoms with Crippen molar-refractivity contribution < 1.29 is 17.9 Å². The first-order chi connectivity index (χ1) is 14.8. The van der Waals surface area contributed by atoms with Crippen LogP contribution in [-0.4, -0.2) is 34.2 Å². The number of hydrazone groups is 1. The second-order valence-corrected chi connectivity index (χ2v) is 8.67. The maximum atomic E-state index is 12.7. The van der Waals surface area contributed by atoms with Crippen molar-refractivity contribution in [2.45, 2.75) is 11.8 Å². The van der Waals surface area contributed by atoms with Crippen LogP contribution in [0, 0.1) is 0 Å². The number of sulfonamides is 1. The average Bonchev–Trinajstić information content (AvgIpc) is 2.82. The fourth-order valence-corrected chi connectivity index (χ4v) is 4.02. The van der Waals surface area contributed by atoms with Gasteiger partial charge in [-0.05, 0) is 73.2 Å². The summed E-state index contributed by atoms with van der Waals surface area (Å²) < 4.78 is 31.8. The van der Waals surface area contributed by atoms with Crippen molar-refractivity contribution >= 4 is 27.3 Å². The molecule has 0 unspecified atom stereocenters. The minimum atomic E-state index is -3.68. The third kappa shape index (κ3) is 5.10. The minimum absolute atomic E-state index is 0.197. The van der Waals surface area contributed by atoms with Gasteiger partial charge >= 0.3 is 0 Å². The molecular weight excluding hydrogens is 414 g/mol. The minimum Gasteiger partial charge on any atom is -0.497 e. The van der Waals surface area contributed by atoms with Crippen molar-refractivity contribution in [2.24, 2.45) is 5.10 Å². The van der Waals surface area contributed by atoms with Crippen LogP contribution in [0.15, 0.2) is 88.9 Å². The predicted molar refractivity (Wildman–Crippen MR) is 121 cm³/mol. The van der Waals surface area contributed by atoms with Crippen molar-refractivity contribution in [1.29, 1.82) is 0 Å². The van der Waals surface area contributed by atoms with Gasteiger partial charge in [-0.2, -0.15) is 5.10 Å². The van der Waals surface area contributed by atoms with Gasteiger partial charge in [0, 0.05) is 12.6 Å². The van der Waals surface area contributed by atoms with Crippen LogP contribution in [0.2, 0.25) is 0 Å². The van der Waals surface area contributed by atoms with Gasteiger partial charge in [0.05, 0.1) is 23.4 Å². The Hall–Kier alpha value is -3.65. The van der Waals surface area contributed by atoms with E-state index < -0.39 is 15.9 Å². The van der Waals surface area contributed by atoms with Crippen LogP contribution < -0.4 is 14.5 Å². The van der Waals surface area contributed by atoms with E-state index >= 15 is 0 Å². The number of nitrogens with zero attached hydrogens (tertiary/aromatic N) is 2. The molecule has 0 aliphatic carbocycles. The molecule has 3 rings (SSSR count). The Kier molecular flexibility index (Phi) is 6.71. The molecule has 7 nitrogen and oxygen atoms in total. The number of carbonyl (C=O) groups is 1. The monoisotopic (exact) mass is 437 g/mol. The number of hydrogen-bond donors (Lipinski definition) is 1. The molecule has 0 radical (unpaired) electrons. The number of rotatable bonds is 7. The van der Waals surface area contributed by atoms with E-state index in [4.69, 9.17) is 4.74 Å². The fourth-order valence-electron chi connectivity index (χ4n) is 2.81. The number of benzene rings is 3. The lowest BCUT2D eigenvalue weighted by atomic mass is 10.1. The van der Waals surface area contributed by atoms with E-state index in [0.717, 1.165) is 11.3 Å². The van der Waals surface area contributed by atoms with Crippen molar-refractivity contribution in [1.82, 2.24) is 5.43 Å². The Morgan fingerprint density at radius 2 is 1.48 bits per heavy atom. The van der Waals surface area contributed by atoms with Gasteiger partial charge in [-0.3, -0.25) is 9.10 Å². The number of ether oxygens (including phenoxy) is 1. The Labute approximate surface area is 182 Å². The third-order valence-electron chi connectivity index (χ3n) is 4.73. The van der Waals surface area contributed by atoms with Crippen molar-refractivity contribution in [3.63, 3.8) is 0 Å². The molecule has 31 heavy (non-hydrogen) atoms. The van der Waals surface area contributed by atoms with Crippen LogP contribution >= 0.6 is 0 Å². The summed E-state index contributed by atoms with van der Waals surface area (Å²) in [6, 6.07) is 21.8. The summed E-state index contributed by atoms with van der Waals surface area (Å²) in [5.74, 6) is 0.341. The molecule has 0 saturated carbocycles. The summed E-state index contributed by atoms with van der Waals surface area (Å²) in [5.41, 5.74) is 4.81. The molecule has 0 bridgehead atoms. The van der Waals surface area contributed by atoms with Crippen LogP contribution in [0.5, 0.6) is 5.75 Å². The number of methoxy groups -OCH3 is 1. The number of nitrogens with one attached hydrogen (secondary N) is 1. The van der Waals surface area contributed by atoms with E-state index in [2.05, 4.69) is 10.5 Å². The third-order valence-corrected chi connectivity index (χ3v) is 6.53. The summed E-state index contributed by atoms with van der Waals surface area (Å²) in [7, 11) is -0.615. The normalized spacial score (nSPS) is 11.6. The molecule has 3 aromatic carbocycles. The molecule has 0 fully saturated rings. The molecule has 0 saturated heterocycles. The highest BCUT2D eigenvalue weighted by atomic mass is 32.2. The second-order valence-electron chi connectivity index (χ2n) is 6.70. The smallest absolute Gasteiger partial charge is 0.271 e. The van der Waals surface area contributed by atoms with Crippen molar-refractivity contribution in [3.05, 3.63) is 90.0 Å². The standard InChI is InChI=1S/C23H23N3O4S/c1-17(18-11-15-21(30-3)16-12-18)24-25-23(27)19-9-13-20(14-10-19)26(2)31(28,29)22-7-5-4-6-8-22/h4-16H,1-3H3,(H,25,27). The first-order valence-electron chi connectivity index (χ1n) is 9.46. The second kappa shape index (κ2) is 9.44. The first kappa shape index (κ1) is 22.0. The first-order valence-corrected chi connectivity index (χ1v) is 10.9. The molecule has 8 heteroatoms. The highest BCUT2D eigenvalue weighted by Gasteiger charge is 2.21. The van der Waals surface area contributed by atoms with Crippen LogP contribution in [0.25, 0.3) is 0 Å². The van der Waals surface area contributed by atoms with Gasteiger partial charge in [0.1, 0.15) is 5.75 Å². The van der Waals surface area contributed by atoms with E-state index in [0.29, 0.717) is 17.0 Å². The summed E-state index contributed by atoms with van der Waals surface area (Å²) in [4.78, 5) is 12.6. The lowest BCUT2D eigenvalue weighted by Gasteiger charge is -2.19. The van der Waals surface area contributed by atoms with Crippen LogP contribution in [0.1, 0.15) is 22.8 Å². The Morgan fingerprint density at radius 1 is 0.903 bits per heavy atom. The summed E-state index contributed by atoms with van der Waals surface area (Å²) in [6.45, 7) is 1.79. The number of amides is 1. The van der Waals surface area contributed by atoms with E-state index in [9.17, 15) is 13.2 Å². The van der Waals surface area contributed by atoms with Crippen LogP contribution in [-0.2, 0) is 10.0 Å². The van der Waals surface area contributed by atoms with E-state index in [-0.39, 0.29) is 4.90 Å². The molecule has 0 heterocycles. The fraction of sp³-hybridized carbons (Fsp3) is 0.130. The molecule has 0 atom stereocenters. The van der Waals surface area contributed by atoms with Crippen molar-refractivity contribution in [2.75, 3.05) is 18.5 Å². The summed E-state index contributed by atoms with van der Waals surface area (Å²) in [6.07, 6.45) is 0. The number of carbonyl (C=O) groups excluding carboxylic acids is 1. The molecule has 0 aliphatic rings. The van der Waals surface area contributed by atoms with Gasteiger partial charge in [-0.25, -0.2) is 13.8 Å². The SMILES string of the molecule is COc1ccc(C(C)=NNC(=O)c2ccc(N(C)S(=O)(=O)c3ccccc3)cc2)cc1. The molecular formula is C23H23N3O4S. The lowest BCUT2D eigenvalue weighted by Crippen LogP contribution is -2.26. The van der Waals surface area contributed by atoms with Gasteiger partial charge < -0.3 is 4.74 Å². The highest BCUT2D eigenvalue weighted by molar-refractivity contribution is 7.92. The Bertz CT molecular complexity index is 1170. The molecule has 0 aromatic heterocycles. The van der Waals surface area contributed by atoms with Gasteiger partial charge in [0.25, 0.3) is 15.9 Å². The quantitative estimate of drug-likeness (QED) is 0.451. The van der Waals surface area contributed by atoms with E-state index in [1.165, 1.54) is 23.5 Å². The zero-order chi connectivity index (χ0) is 22.4. The zero-order valence-electron chi connectivity index (χ0n) is 17.4. The Balaban J connectivity index is 1.69. The van der Waals surface area contributed by atoms with Crippen molar-refractivity contribution in [3.8, 4) is 5.75 Å². The molecule has 1 N–H and O–H groups in total. The Morgan fingerprint density at radius 3 is 2.06 bits per heavy atom. The van der Waals surface area contributed by atoms with Gasteiger partial charge in [-0.15, -0.1) is 0 Å². The van der Waals surface area contributed by atoms with Gasteiger partial charge in [0.2, 0.25) is 0 Å². The average molecular weight is 438 g/mol. The molecule has 1 amide bonds. The van der Waals surface area contributed by atoms with Crippen LogP contribution in [0.4, 0.5) is 5.69 Å². The lowest BCUT2D eigenvalue weighted by molar-refractivity contribution is 0.0955. The summed E-state index contributed by atoms with van der Waals surface area (Å²) in [5, 5.41) is 4.13. The highest BCUT2D eigenvalue weighted by Crippen LogP contribution is 2.22. The topological polar surface area (TPSA) is 88.1 Å². The maximum Gasteiger partial charge on any atom is 0.271 e. The molecule has 160 valence electrons. The molecule has 3 aromatic rings.